The minimum absolute atomic E-state index is 0.138. The molecule has 0 amide bonds. The number of hydrogen-bond donors (Lipinski definition) is 0. The van der Waals surface area contributed by atoms with E-state index in [2.05, 4.69) is 0 Å². The highest BCUT2D eigenvalue weighted by Crippen LogP contribution is 2.56. The fourth-order valence-corrected chi connectivity index (χ4v) is 1.56. The maximum atomic E-state index is 13.5. The van der Waals surface area contributed by atoms with Crippen molar-refractivity contribution in [2.24, 2.45) is 0 Å². The van der Waals surface area contributed by atoms with Gasteiger partial charge in [-0.1, -0.05) is 24.3 Å². The fourth-order valence-electron chi connectivity index (χ4n) is 1.56. The van der Waals surface area contributed by atoms with Crippen molar-refractivity contribution in [3.63, 3.8) is 0 Å². The number of rotatable bonds is 5. The van der Waals surface area contributed by atoms with E-state index in [4.69, 9.17) is 0 Å². The lowest BCUT2D eigenvalue weighted by molar-refractivity contribution is -0.399. The summed E-state index contributed by atoms with van der Waals surface area (Å²) >= 11 is 0. The molecule has 10 heteroatoms. The lowest BCUT2D eigenvalue weighted by Crippen LogP contribution is -2.59. The van der Waals surface area contributed by atoms with Gasteiger partial charge in [-0.05, 0) is 12.0 Å². The molecule has 0 aliphatic heterocycles. The van der Waals surface area contributed by atoms with Gasteiger partial charge < -0.3 is 0 Å². The van der Waals surface area contributed by atoms with Crippen LogP contribution in [0.5, 0.6) is 0 Å². The maximum absolute atomic E-state index is 13.5. The molecule has 0 unspecified atom stereocenters. The van der Waals surface area contributed by atoms with Gasteiger partial charge in [0.05, 0.1) is 6.61 Å². The van der Waals surface area contributed by atoms with Gasteiger partial charge >= 0.3 is 23.9 Å². The average Bonchev–Trinajstić information content (AvgIpc) is 2.38. The van der Waals surface area contributed by atoms with Crippen molar-refractivity contribution in [1.29, 1.82) is 0 Å². The Morgan fingerprint density at radius 3 is 1.55 bits per heavy atom. The summed E-state index contributed by atoms with van der Waals surface area (Å²) < 4.78 is 114. The van der Waals surface area contributed by atoms with Gasteiger partial charge in [-0.15, -0.1) is 0 Å². The van der Waals surface area contributed by atoms with Gasteiger partial charge in [0.2, 0.25) is 0 Å². The van der Waals surface area contributed by atoms with E-state index in [0.29, 0.717) is 0 Å². The molecule has 0 N–H and O–H groups in total. The van der Waals surface area contributed by atoms with Crippen LogP contribution < -0.4 is 0 Å². The first-order valence-corrected chi connectivity index (χ1v) is 5.66. The molecule has 0 spiro atoms. The Labute approximate surface area is 118 Å². The van der Waals surface area contributed by atoms with E-state index < -0.39 is 36.1 Å². The van der Waals surface area contributed by atoms with Crippen LogP contribution in [0.4, 0.5) is 39.5 Å². The molecular weight excluding hydrogens is 331 g/mol. The van der Waals surface area contributed by atoms with Crippen LogP contribution in [0.2, 0.25) is 0 Å². The van der Waals surface area contributed by atoms with Crippen LogP contribution in [0.15, 0.2) is 24.3 Å². The van der Waals surface area contributed by atoms with Crippen LogP contribution >= 0.6 is 0 Å². The van der Waals surface area contributed by atoms with Gasteiger partial charge in [-0.2, -0.15) is 39.5 Å². The summed E-state index contributed by atoms with van der Waals surface area (Å²) in [5.41, 5.74) is -1.56. The van der Waals surface area contributed by atoms with Crippen LogP contribution in [0, 0.1) is 0 Å². The predicted molar refractivity (Wildman–Crippen MR) is 55.5 cm³/mol. The van der Waals surface area contributed by atoms with Crippen LogP contribution in [0.25, 0.3) is 0 Å². The second-order valence-corrected chi connectivity index (χ2v) is 4.37. The van der Waals surface area contributed by atoms with Crippen molar-refractivity contribution in [2.45, 2.75) is 30.4 Å². The first-order chi connectivity index (χ1) is 9.79. The standard InChI is InChI=1S/C12H8F9O/c13-9(14,8-3-1-7(2-4-8)5-6-22)10(15,16)11(17,18)12(19,20)21/h1-4H,5-6H2. The summed E-state index contributed by atoms with van der Waals surface area (Å²) in [7, 11) is 0. The van der Waals surface area contributed by atoms with E-state index in [0.717, 1.165) is 12.1 Å². The largest absolute Gasteiger partial charge is 0.460 e. The maximum Gasteiger partial charge on any atom is 0.460 e. The van der Waals surface area contributed by atoms with Crippen molar-refractivity contribution < 1.29 is 44.6 Å². The van der Waals surface area contributed by atoms with Crippen molar-refractivity contribution >= 4 is 0 Å². The molecule has 0 saturated carbocycles. The minimum atomic E-state index is -6.92. The highest BCUT2D eigenvalue weighted by molar-refractivity contribution is 5.28. The summed E-state index contributed by atoms with van der Waals surface area (Å²) in [6.45, 7) is -0.641. The zero-order valence-electron chi connectivity index (χ0n) is 10.5. The van der Waals surface area contributed by atoms with Crippen molar-refractivity contribution in [1.82, 2.24) is 0 Å². The topological polar surface area (TPSA) is 19.9 Å². The summed E-state index contributed by atoms with van der Waals surface area (Å²) in [5, 5.41) is 10.3. The van der Waals surface area contributed by atoms with E-state index in [-0.39, 0.29) is 24.1 Å². The van der Waals surface area contributed by atoms with E-state index in [1.165, 1.54) is 0 Å². The summed E-state index contributed by atoms with van der Waals surface area (Å²) in [6.07, 6.45) is -6.98. The van der Waals surface area contributed by atoms with E-state index in [9.17, 15) is 44.6 Å². The number of halogens is 9. The van der Waals surface area contributed by atoms with Gasteiger partial charge in [0, 0.05) is 5.56 Å². The Morgan fingerprint density at radius 1 is 0.727 bits per heavy atom. The highest BCUT2D eigenvalue weighted by Gasteiger charge is 2.81. The smallest absolute Gasteiger partial charge is 0.236 e. The monoisotopic (exact) mass is 339 g/mol. The Bertz CT molecular complexity index is 504. The molecule has 125 valence electrons. The van der Waals surface area contributed by atoms with Gasteiger partial charge in [-0.3, -0.25) is 0 Å². The Kier molecular flexibility index (Phi) is 4.76. The van der Waals surface area contributed by atoms with Gasteiger partial charge in [0.1, 0.15) is 0 Å². The van der Waals surface area contributed by atoms with E-state index in [1.54, 1.807) is 0 Å². The first-order valence-electron chi connectivity index (χ1n) is 5.66. The molecule has 0 atom stereocenters. The quantitative estimate of drug-likeness (QED) is 0.700. The molecule has 1 rings (SSSR count). The third-order valence-electron chi connectivity index (χ3n) is 2.85. The third kappa shape index (κ3) is 2.88. The zero-order valence-corrected chi connectivity index (χ0v) is 10.5. The van der Waals surface area contributed by atoms with Gasteiger partial charge in [-0.25, -0.2) is 5.11 Å². The van der Waals surface area contributed by atoms with Crippen LogP contribution in [0.1, 0.15) is 11.1 Å². The van der Waals surface area contributed by atoms with Crippen LogP contribution in [-0.4, -0.2) is 24.6 Å². The SMILES string of the molecule is [O]CCc1ccc(C(F)(F)C(F)(F)C(F)(F)C(F)(F)F)cc1. The molecule has 0 aromatic heterocycles. The Hall–Kier alpha value is -1.45. The highest BCUT2D eigenvalue weighted by atomic mass is 19.4. The average molecular weight is 339 g/mol. The number of alkyl halides is 9. The Morgan fingerprint density at radius 2 is 1.18 bits per heavy atom. The predicted octanol–water partition coefficient (Wildman–Crippen LogP) is 4.58. The Balaban J connectivity index is 3.26. The fraction of sp³-hybridized carbons (Fsp3) is 0.500. The van der Waals surface area contributed by atoms with Gasteiger partial charge in [0.15, 0.2) is 0 Å². The summed E-state index contributed by atoms with van der Waals surface area (Å²) in [4.78, 5) is 0. The third-order valence-corrected chi connectivity index (χ3v) is 2.85. The molecule has 0 fully saturated rings. The molecule has 0 aliphatic rings. The molecular formula is C12H8F9O. The van der Waals surface area contributed by atoms with Gasteiger partial charge in [0.25, 0.3) is 0 Å². The summed E-state index contributed by atoms with van der Waals surface area (Å²) in [5.74, 6) is -19.4. The molecule has 0 bridgehead atoms. The van der Waals surface area contributed by atoms with Crippen LogP contribution in [0.3, 0.4) is 0 Å². The summed E-state index contributed by atoms with van der Waals surface area (Å²) in [6, 6.07) is 2.13. The molecule has 1 radical (unpaired) electrons. The molecule has 0 saturated heterocycles. The lowest BCUT2D eigenvalue weighted by Gasteiger charge is -2.33. The number of hydrogen-bond acceptors (Lipinski definition) is 0. The minimum Gasteiger partial charge on any atom is -0.236 e. The van der Waals surface area contributed by atoms with Crippen molar-refractivity contribution in [2.75, 3.05) is 6.61 Å². The van der Waals surface area contributed by atoms with E-state index >= 15 is 0 Å². The second-order valence-electron chi connectivity index (χ2n) is 4.37. The van der Waals surface area contributed by atoms with E-state index in [1.807, 2.05) is 0 Å². The molecule has 0 heterocycles. The van der Waals surface area contributed by atoms with Crippen molar-refractivity contribution in [3.8, 4) is 0 Å². The lowest BCUT2D eigenvalue weighted by atomic mass is 9.95. The normalized spacial score (nSPS) is 14.3. The van der Waals surface area contributed by atoms with Crippen molar-refractivity contribution in [3.05, 3.63) is 35.4 Å². The second kappa shape index (κ2) is 5.64. The molecule has 22 heavy (non-hydrogen) atoms. The van der Waals surface area contributed by atoms with Crippen LogP contribution in [-0.2, 0) is 17.4 Å². The molecule has 1 nitrogen and oxygen atoms in total. The molecule has 1 aromatic rings. The first kappa shape index (κ1) is 18.6. The zero-order chi connectivity index (χ0) is 17.4. The molecule has 0 aliphatic carbocycles. The number of benzene rings is 1. The molecule has 1 aromatic carbocycles.